The van der Waals surface area contributed by atoms with Crippen molar-refractivity contribution in [2.24, 2.45) is 12.0 Å². The highest BCUT2D eigenvalue weighted by Crippen LogP contribution is 2.30. The summed E-state index contributed by atoms with van der Waals surface area (Å²) in [6, 6.07) is 11.8. The first kappa shape index (κ1) is 25.9. The molecule has 0 saturated carbocycles. The average Bonchev–Trinajstić information content (AvgIpc) is 3.53. The SMILES string of the molecule is C=CCc1ccc(C)cc1C=NC(=C)Nc1cc(O[C@@H]2CN[C@H](C(=O)OC)C2)cc(-c2cnn(C)c2)c1. The van der Waals surface area contributed by atoms with Crippen molar-refractivity contribution in [2.75, 3.05) is 19.0 Å². The number of methoxy groups -OCH3 is 1. The molecule has 0 bridgehead atoms. The Hall–Kier alpha value is -4.17. The van der Waals surface area contributed by atoms with Crippen molar-refractivity contribution >= 4 is 17.9 Å². The molecule has 0 spiro atoms. The number of benzene rings is 2. The second-order valence-electron chi connectivity index (χ2n) is 9.13. The highest BCUT2D eigenvalue weighted by atomic mass is 16.5. The lowest BCUT2D eigenvalue weighted by Gasteiger charge is -2.16. The van der Waals surface area contributed by atoms with Gasteiger partial charge in [-0.2, -0.15) is 5.10 Å². The molecule has 2 heterocycles. The maximum Gasteiger partial charge on any atom is 0.323 e. The molecule has 4 rings (SSSR count). The summed E-state index contributed by atoms with van der Waals surface area (Å²) in [4.78, 5) is 16.4. The molecule has 192 valence electrons. The fourth-order valence-electron chi connectivity index (χ4n) is 4.31. The van der Waals surface area contributed by atoms with Gasteiger partial charge < -0.3 is 20.1 Å². The summed E-state index contributed by atoms with van der Waals surface area (Å²) in [7, 11) is 3.27. The number of carbonyl (C=O) groups excluding carboxylic acids is 1. The lowest BCUT2D eigenvalue weighted by molar-refractivity contribution is -0.142. The molecule has 2 aromatic carbocycles. The van der Waals surface area contributed by atoms with E-state index in [0.29, 0.717) is 24.5 Å². The number of hydrogen-bond donors (Lipinski definition) is 2. The molecule has 37 heavy (non-hydrogen) atoms. The van der Waals surface area contributed by atoms with E-state index in [1.165, 1.54) is 7.11 Å². The van der Waals surface area contributed by atoms with Crippen LogP contribution in [0.5, 0.6) is 5.75 Å². The molecule has 8 nitrogen and oxygen atoms in total. The summed E-state index contributed by atoms with van der Waals surface area (Å²) in [5.41, 5.74) is 6.02. The number of nitrogens with zero attached hydrogens (tertiary/aromatic N) is 3. The van der Waals surface area contributed by atoms with Crippen LogP contribution >= 0.6 is 0 Å². The number of carbonyl (C=O) groups is 1. The number of nitrogens with one attached hydrogen (secondary N) is 2. The fraction of sp³-hybridized carbons (Fsp3) is 0.276. The predicted octanol–water partition coefficient (Wildman–Crippen LogP) is 4.41. The monoisotopic (exact) mass is 499 g/mol. The molecule has 1 fully saturated rings. The number of aliphatic imine (C=N–C) groups is 1. The highest BCUT2D eigenvalue weighted by Gasteiger charge is 2.31. The van der Waals surface area contributed by atoms with Crippen molar-refractivity contribution in [2.45, 2.75) is 31.9 Å². The molecule has 1 aliphatic heterocycles. The number of aryl methyl sites for hydroxylation is 2. The van der Waals surface area contributed by atoms with E-state index >= 15 is 0 Å². The zero-order valence-electron chi connectivity index (χ0n) is 21.5. The molecule has 0 unspecified atom stereocenters. The van der Waals surface area contributed by atoms with Crippen LogP contribution in [0.3, 0.4) is 0 Å². The minimum absolute atomic E-state index is 0.160. The van der Waals surface area contributed by atoms with Crippen LogP contribution in [0.25, 0.3) is 11.1 Å². The van der Waals surface area contributed by atoms with Gasteiger partial charge in [-0.15, -0.1) is 6.58 Å². The Balaban J connectivity index is 1.54. The van der Waals surface area contributed by atoms with Gasteiger partial charge in [0.2, 0.25) is 0 Å². The van der Waals surface area contributed by atoms with Gasteiger partial charge in [0.15, 0.2) is 0 Å². The Morgan fingerprint density at radius 2 is 2.14 bits per heavy atom. The Morgan fingerprint density at radius 1 is 1.30 bits per heavy atom. The van der Waals surface area contributed by atoms with Crippen molar-refractivity contribution < 1.29 is 14.3 Å². The maximum absolute atomic E-state index is 11.9. The van der Waals surface area contributed by atoms with Crippen LogP contribution in [0.4, 0.5) is 5.69 Å². The van der Waals surface area contributed by atoms with Gasteiger partial charge in [0.25, 0.3) is 0 Å². The average molecular weight is 500 g/mol. The van der Waals surface area contributed by atoms with Crippen molar-refractivity contribution in [3.05, 3.63) is 90.5 Å². The second-order valence-corrected chi connectivity index (χ2v) is 9.13. The smallest absolute Gasteiger partial charge is 0.323 e. The zero-order valence-corrected chi connectivity index (χ0v) is 21.5. The zero-order chi connectivity index (χ0) is 26.4. The number of esters is 1. The normalized spacial score (nSPS) is 17.1. The Bertz CT molecular complexity index is 1330. The lowest BCUT2D eigenvalue weighted by atomic mass is 10.0. The predicted molar refractivity (Wildman–Crippen MR) is 147 cm³/mol. The number of anilines is 1. The van der Waals surface area contributed by atoms with Crippen LogP contribution in [0.1, 0.15) is 23.1 Å². The summed E-state index contributed by atoms with van der Waals surface area (Å²) in [5, 5.41) is 10.7. The topological polar surface area (TPSA) is 89.8 Å². The molecule has 1 saturated heterocycles. The molecule has 1 aliphatic rings. The summed E-state index contributed by atoms with van der Waals surface area (Å²) < 4.78 is 12.9. The van der Waals surface area contributed by atoms with Crippen molar-refractivity contribution in [1.82, 2.24) is 15.1 Å². The first-order valence-electron chi connectivity index (χ1n) is 12.2. The van der Waals surface area contributed by atoms with Gasteiger partial charge >= 0.3 is 5.97 Å². The van der Waals surface area contributed by atoms with Gasteiger partial charge in [-0.05, 0) is 42.2 Å². The quantitative estimate of drug-likeness (QED) is 0.244. The van der Waals surface area contributed by atoms with E-state index in [0.717, 1.165) is 39.9 Å². The van der Waals surface area contributed by atoms with Crippen LogP contribution in [0, 0.1) is 6.92 Å². The van der Waals surface area contributed by atoms with Gasteiger partial charge in [0, 0.05) is 49.7 Å². The standard InChI is InChI=1S/C29H33N5O3/c1-6-7-21-9-8-19(2)10-23(21)15-30-20(3)33-25-11-22(24-16-32-34(4)18-24)12-26(13-25)37-27-14-28(31-17-27)29(35)36-5/h6,8-13,15-16,18,27-28,31,33H,1,3,7,14,17H2,2,4-5H3/t27-,28-/m0/s1. The third-order valence-corrected chi connectivity index (χ3v) is 6.14. The molecular weight excluding hydrogens is 466 g/mol. The second kappa shape index (κ2) is 11.7. The van der Waals surface area contributed by atoms with E-state index in [2.05, 4.69) is 59.0 Å². The van der Waals surface area contributed by atoms with E-state index in [-0.39, 0.29) is 18.1 Å². The molecule has 3 aromatic rings. The Kier molecular flexibility index (Phi) is 8.20. The number of aromatic nitrogens is 2. The van der Waals surface area contributed by atoms with Crippen LogP contribution in [0.2, 0.25) is 0 Å². The molecule has 2 N–H and O–H groups in total. The largest absolute Gasteiger partial charge is 0.489 e. The molecular formula is C29H33N5O3. The van der Waals surface area contributed by atoms with E-state index in [9.17, 15) is 4.79 Å². The van der Waals surface area contributed by atoms with E-state index < -0.39 is 0 Å². The Morgan fingerprint density at radius 3 is 2.86 bits per heavy atom. The third kappa shape index (κ3) is 6.74. The molecule has 8 heteroatoms. The minimum Gasteiger partial charge on any atom is -0.489 e. The van der Waals surface area contributed by atoms with E-state index in [1.807, 2.05) is 43.7 Å². The maximum atomic E-state index is 11.9. The Labute approximate surface area is 217 Å². The summed E-state index contributed by atoms with van der Waals surface area (Å²) in [5.74, 6) is 0.884. The molecule has 2 atom stereocenters. The number of hydrogen-bond acceptors (Lipinski definition) is 7. The summed E-state index contributed by atoms with van der Waals surface area (Å²) in [6.45, 7) is 10.6. The number of allylic oxidation sites excluding steroid dienone is 1. The highest BCUT2D eigenvalue weighted by molar-refractivity contribution is 5.83. The summed E-state index contributed by atoms with van der Waals surface area (Å²) in [6.07, 6.45) is 8.59. The number of ether oxygens (including phenoxy) is 2. The molecule has 0 aliphatic carbocycles. The first-order chi connectivity index (χ1) is 17.8. The van der Waals surface area contributed by atoms with Gasteiger partial charge in [-0.25, -0.2) is 4.99 Å². The van der Waals surface area contributed by atoms with Gasteiger partial charge in [0.1, 0.15) is 23.7 Å². The van der Waals surface area contributed by atoms with Crippen LogP contribution < -0.4 is 15.4 Å². The van der Waals surface area contributed by atoms with Gasteiger partial charge in [0.05, 0.1) is 13.3 Å². The third-order valence-electron chi connectivity index (χ3n) is 6.14. The van der Waals surface area contributed by atoms with Crippen LogP contribution in [-0.4, -0.2) is 47.8 Å². The van der Waals surface area contributed by atoms with Crippen molar-refractivity contribution in [3.63, 3.8) is 0 Å². The van der Waals surface area contributed by atoms with E-state index in [4.69, 9.17) is 9.47 Å². The molecule has 1 aromatic heterocycles. The van der Waals surface area contributed by atoms with Crippen molar-refractivity contribution in [3.8, 4) is 16.9 Å². The molecule has 0 radical (unpaired) electrons. The first-order valence-corrected chi connectivity index (χ1v) is 12.2. The van der Waals surface area contributed by atoms with Gasteiger partial charge in [-0.3, -0.25) is 9.48 Å². The van der Waals surface area contributed by atoms with Gasteiger partial charge in [-0.1, -0.05) is 36.4 Å². The summed E-state index contributed by atoms with van der Waals surface area (Å²) >= 11 is 0. The van der Waals surface area contributed by atoms with Crippen molar-refractivity contribution in [1.29, 1.82) is 0 Å². The van der Waals surface area contributed by atoms with Crippen LogP contribution in [0.15, 0.2) is 78.8 Å². The minimum atomic E-state index is -0.365. The molecule has 0 amide bonds. The van der Waals surface area contributed by atoms with Crippen LogP contribution in [-0.2, 0) is 23.0 Å². The lowest BCUT2D eigenvalue weighted by Crippen LogP contribution is -2.31. The van der Waals surface area contributed by atoms with E-state index in [1.54, 1.807) is 10.9 Å². The number of rotatable bonds is 10. The fourth-order valence-corrected chi connectivity index (χ4v) is 4.31.